The second-order valence-corrected chi connectivity index (χ2v) is 15.7. The number of likely N-dealkylation sites (tertiary alicyclic amines) is 2. The first-order valence-corrected chi connectivity index (χ1v) is 17.7. The molecule has 2 N–H and O–H groups in total. The number of anilines is 2. The number of carbonyl (C=O) groups is 2. The van der Waals surface area contributed by atoms with Crippen LogP contribution in [0.15, 0.2) is 42.7 Å². The Hall–Kier alpha value is -5.00. The fourth-order valence-electron chi connectivity index (χ4n) is 7.57. The molecule has 4 aromatic rings. The van der Waals surface area contributed by atoms with Crippen molar-refractivity contribution in [1.29, 1.82) is 0 Å². The Labute approximate surface area is 292 Å². The highest BCUT2D eigenvalue weighted by Gasteiger charge is 2.37. The van der Waals surface area contributed by atoms with Crippen molar-refractivity contribution < 1.29 is 23.8 Å². The van der Waals surface area contributed by atoms with E-state index in [1.807, 2.05) is 66.1 Å². The van der Waals surface area contributed by atoms with Gasteiger partial charge in [0.1, 0.15) is 22.9 Å². The highest BCUT2D eigenvalue weighted by Crippen LogP contribution is 2.53. The van der Waals surface area contributed by atoms with Crippen molar-refractivity contribution >= 4 is 23.6 Å². The summed E-state index contributed by atoms with van der Waals surface area (Å²) in [5, 5.41) is 0. The van der Waals surface area contributed by atoms with Crippen LogP contribution in [0.25, 0.3) is 22.5 Å². The van der Waals surface area contributed by atoms with Crippen LogP contribution in [0.3, 0.4) is 0 Å². The molecule has 2 atom stereocenters. The van der Waals surface area contributed by atoms with Crippen LogP contribution in [-0.4, -0.2) is 72.8 Å². The third-order valence-electron chi connectivity index (χ3n) is 9.70. The number of carbonyl (C=O) groups excluding carboxylic acids is 2. The fourth-order valence-corrected chi connectivity index (χ4v) is 7.57. The van der Waals surface area contributed by atoms with Gasteiger partial charge < -0.3 is 29.1 Å². The number of benzene rings is 2. The molecule has 0 spiro atoms. The second kappa shape index (κ2) is 11.8. The van der Waals surface area contributed by atoms with Crippen LogP contribution in [0, 0.1) is 0 Å². The molecule has 2 saturated heterocycles. The Morgan fingerprint density at radius 2 is 1.34 bits per heavy atom. The van der Waals surface area contributed by atoms with E-state index < -0.39 is 11.2 Å². The number of aromatic nitrogens is 4. The van der Waals surface area contributed by atoms with Gasteiger partial charge in [0.15, 0.2) is 11.5 Å². The normalized spacial score (nSPS) is 19.8. The summed E-state index contributed by atoms with van der Waals surface area (Å²) in [4.78, 5) is 48.2. The van der Waals surface area contributed by atoms with Gasteiger partial charge in [0.2, 0.25) is 0 Å². The topological polar surface area (TPSA) is 129 Å². The quantitative estimate of drug-likeness (QED) is 0.220. The number of nitrogens with zero attached hydrogens (tertiary/aromatic N) is 5. The number of amides is 2. The van der Waals surface area contributed by atoms with Gasteiger partial charge in [-0.1, -0.05) is 0 Å². The number of hydrogen-bond donors (Lipinski definition) is 2. The van der Waals surface area contributed by atoms with Gasteiger partial charge in [-0.25, -0.2) is 19.6 Å². The molecule has 2 fully saturated rings. The average molecular weight is 680 g/mol. The van der Waals surface area contributed by atoms with Crippen LogP contribution in [0.5, 0.6) is 11.5 Å². The highest BCUT2D eigenvalue weighted by atomic mass is 16.6. The molecular weight excluding hydrogens is 634 g/mol. The maximum atomic E-state index is 12.9. The Balaban J connectivity index is 1.01. The summed E-state index contributed by atoms with van der Waals surface area (Å²) in [5.74, 6) is 3.15. The Kier molecular flexibility index (Phi) is 7.61. The first-order chi connectivity index (χ1) is 23.8. The van der Waals surface area contributed by atoms with Crippen LogP contribution in [0.1, 0.15) is 96.5 Å². The zero-order valence-electron chi connectivity index (χ0n) is 29.6. The van der Waals surface area contributed by atoms with Crippen LogP contribution >= 0.6 is 0 Å². The lowest BCUT2D eigenvalue weighted by Gasteiger charge is -2.30. The fraction of sp³-hybridized carbons (Fsp3) is 0.474. The third kappa shape index (κ3) is 5.94. The van der Waals surface area contributed by atoms with E-state index in [1.54, 1.807) is 9.80 Å². The largest absolute Gasteiger partial charge is 0.453 e. The van der Waals surface area contributed by atoms with Gasteiger partial charge in [-0.2, -0.15) is 0 Å². The molecule has 0 saturated carbocycles. The van der Waals surface area contributed by atoms with E-state index in [-0.39, 0.29) is 24.3 Å². The summed E-state index contributed by atoms with van der Waals surface area (Å²) < 4.78 is 17.9. The molecule has 2 amide bonds. The van der Waals surface area contributed by atoms with Gasteiger partial charge in [0, 0.05) is 30.8 Å². The predicted molar refractivity (Wildman–Crippen MR) is 189 cm³/mol. The summed E-state index contributed by atoms with van der Waals surface area (Å²) in [6, 6.07) is 10.2. The molecule has 2 aromatic heterocycles. The number of hydrogen-bond acceptors (Lipinski definition) is 8. The number of imidazole rings is 2. The van der Waals surface area contributed by atoms with Crippen molar-refractivity contribution in [1.82, 2.24) is 29.7 Å². The predicted octanol–water partition coefficient (Wildman–Crippen LogP) is 8.41. The molecule has 12 nitrogen and oxygen atoms in total. The van der Waals surface area contributed by atoms with E-state index in [2.05, 4.69) is 33.1 Å². The molecule has 0 unspecified atom stereocenters. The molecule has 8 rings (SSSR count). The lowest BCUT2D eigenvalue weighted by molar-refractivity contribution is 0.0208. The van der Waals surface area contributed by atoms with Gasteiger partial charge in [-0.15, -0.1) is 0 Å². The summed E-state index contributed by atoms with van der Waals surface area (Å²) in [5.41, 5.74) is 6.00. The van der Waals surface area contributed by atoms with E-state index in [0.717, 1.165) is 95.7 Å². The minimum absolute atomic E-state index is 0.144. The highest BCUT2D eigenvalue weighted by molar-refractivity contribution is 5.87. The lowest BCUT2D eigenvalue weighted by Crippen LogP contribution is -2.36. The van der Waals surface area contributed by atoms with Crippen molar-refractivity contribution in [3.8, 4) is 34.0 Å². The van der Waals surface area contributed by atoms with Crippen LogP contribution < -0.4 is 9.64 Å². The first-order valence-electron chi connectivity index (χ1n) is 17.7. The van der Waals surface area contributed by atoms with E-state index in [0.29, 0.717) is 13.1 Å². The first kappa shape index (κ1) is 32.2. The molecule has 4 aliphatic heterocycles. The maximum absolute atomic E-state index is 12.9. The number of H-pyrrole nitrogens is 2. The van der Waals surface area contributed by atoms with E-state index >= 15 is 0 Å². The van der Waals surface area contributed by atoms with Crippen molar-refractivity contribution in [3.05, 3.63) is 59.9 Å². The van der Waals surface area contributed by atoms with Crippen molar-refractivity contribution in [3.63, 3.8) is 0 Å². The standard InChI is InChI=1S/C38H45N7O5/c1-37(2,3)49-35(46)44-14-7-9-27(44)33-39-20-25(41-33)22-11-12-30-29(18-22)43-16-13-23-17-24(19-31(48-30)32(23)43)26-21-40-34(42-26)28-10-8-15-45(28)36(47)50-38(4,5)6/h11-12,17-21,27-28H,7-10,13-16H2,1-6H3,(H,39,41)(H,40,42)/t27-,28-/m0/s1. The van der Waals surface area contributed by atoms with Crippen molar-refractivity contribution in [2.24, 2.45) is 0 Å². The summed E-state index contributed by atoms with van der Waals surface area (Å²) >= 11 is 0. The van der Waals surface area contributed by atoms with Gasteiger partial charge in [-0.3, -0.25) is 9.80 Å². The van der Waals surface area contributed by atoms with Gasteiger partial charge in [0.05, 0.1) is 47.2 Å². The molecule has 0 radical (unpaired) electrons. The molecule has 262 valence electrons. The molecule has 0 bridgehead atoms. The van der Waals surface area contributed by atoms with Crippen molar-refractivity contribution in [2.75, 3.05) is 24.5 Å². The molecule has 4 aliphatic rings. The summed E-state index contributed by atoms with van der Waals surface area (Å²) in [7, 11) is 0. The number of nitrogens with one attached hydrogen (secondary N) is 2. The number of rotatable bonds is 4. The van der Waals surface area contributed by atoms with Crippen LogP contribution in [-0.2, 0) is 15.9 Å². The van der Waals surface area contributed by atoms with Gasteiger partial charge >= 0.3 is 12.2 Å². The maximum Gasteiger partial charge on any atom is 0.410 e. The third-order valence-corrected chi connectivity index (χ3v) is 9.70. The zero-order chi connectivity index (χ0) is 34.9. The minimum Gasteiger partial charge on any atom is -0.453 e. The van der Waals surface area contributed by atoms with Gasteiger partial charge in [0.25, 0.3) is 0 Å². The SMILES string of the molecule is CC(C)(C)OC(=O)N1CCC[C@H]1c1ncc(-c2cc3c4c(c2)Oc2ccc(-c5cnc([C@@H]6CCCN6C(=O)OC(C)(C)C)[nH]5)cc2N4CC3)[nH]1. The molecule has 12 heteroatoms. The van der Waals surface area contributed by atoms with Crippen molar-refractivity contribution in [2.45, 2.75) is 96.9 Å². The zero-order valence-corrected chi connectivity index (χ0v) is 29.6. The number of fused-ring (bicyclic) bond motifs is 2. The van der Waals surface area contributed by atoms with Crippen LogP contribution in [0.2, 0.25) is 0 Å². The monoisotopic (exact) mass is 679 g/mol. The Morgan fingerprint density at radius 1 is 0.760 bits per heavy atom. The van der Waals surface area contributed by atoms with E-state index in [1.165, 1.54) is 5.56 Å². The second-order valence-electron chi connectivity index (χ2n) is 15.7. The average Bonchev–Trinajstić information content (AvgIpc) is 3.88. The smallest absolute Gasteiger partial charge is 0.410 e. The molecule has 0 aliphatic carbocycles. The summed E-state index contributed by atoms with van der Waals surface area (Å²) in [6.45, 7) is 13.5. The van der Waals surface area contributed by atoms with E-state index in [9.17, 15) is 9.59 Å². The lowest BCUT2D eigenvalue weighted by atomic mass is 10.0. The summed E-state index contributed by atoms with van der Waals surface area (Å²) in [6.07, 6.45) is 7.46. The van der Waals surface area contributed by atoms with Gasteiger partial charge in [-0.05, 0) is 110 Å². The Morgan fingerprint density at radius 3 is 1.92 bits per heavy atom. The van der Waals surface area contributed by atoms with Crippen LogP contribution in [0.4, 0.5) is 21.0 Å². The number of aromatic amines is 2. The minimum atomic E-state index is -0.552. The number of ether oxygens (including phenoxy) is 3. The Bertz CT molecular complexity index is 1970. The molecule has 2 aromatic carbocycles. The molecular formula is C38H45N7O5. The molecule has 50 heavy (non-hydrogen) atoms. The van der Waals surface area contributed by atoms with E-state index in [4.69, 9.17) is 24.2 Å². The molecule has 6 heterocycles.